The van der Waals surface area contributed by atoms with Gasteiger partial charge in [-0.25, -0.2) is 4.79 Å². The normalized spacial score (nSPS) is 15.1. The van der Waals surface area contributed by atoms with Gasteiger partial charge in [-0.2, -0.15) is 8.78 Å². The molecule has 2 aromatic rings. The van der Waals surface area contributed by atoms with Crippen molar-refractivity contribution in [2.45, 2.75) is 38.8 Å². The third kappa shape index (κ3) is 2.65. The second kappa shape index (κ2) is 5.94. The summed E-state index contributed by atoms with van der Waals surface area (Å²) in [5.41, 5.74) is 1.20. The predicted octanol–water partition coefficient (Wildman–Crippen LogP) is 4.14. The van der Waals surface area contributed by atoms with Crippen molar-refractivity contribution >= 4 is 16.9 Å². The molecule has 0 N–H and O–H groups in total. The van der Waals surface area contributed by atoms with Crippen molar-refractivity contribution in [3.8, 4) is 5.75 Å². The van der Waals surface area contributed by atoms with E-state index < -0.39 is 6.61 Å². The molecule has 1 aromatic heterocycles. The number of carbonyl (C=O) groups excluding carboxylic acids is 1. The van der Waals surface area contributed by atoms with Gasteiger partial charge >= 0.3 is 12.6 Å². The highest BCUT2D eigenvalue weighted by molar-refractivity contribution is 5.96. The summed E-state index contributed by atoms with van der Waals surface area (Å²) in [7, 11) is 0. The molecule has 1 aliphatic carbocycles. The minimum absolute atomic E-state index is 0.0941. The number of alkyl halides is 2. The summed E-state index contributed by atoms with van der Waals surface area (Å²) in [5, 5.41) is 0.816. The van der Waals surface area contributed by atoms with E-state index in [0.29, 0.717) is 12.3 Å². The maximum Gasteiger partial charge on any atom is 0.387 e. The molecule has 0 spiro atoms. The van der Waals surface area contributed by atoms with E-state index in [1.165, 1.54) is 6.07 Å². The van der Waals surface area contributed by atoms with Crippen LogP contribution < -0.4 is 4.74 Å². The summed E-state index contributed by atoms with van der Waals surface area (Å²) >= 11 is 0. The Morgan fingerprint density at radius 3 is 2.73 bits per heavy atom. The molecular weight excluding hydrogens is 292 g/mol. The summed E-state index contributed by atoms with van der Waals surface area (Å²) in [6.45, 7) is -0.817. The highest BCUT2D eigenvalue weighted by Crippen LogP contribution is 2.38. The molecule has 0 aliphatic heterocycles. The Morgan fingerprint density at radius 1 is 1.36 bits per heavy atom. The maximum atomic E-state index is 12.4. The second-order valence-corrected chi connectivity index (χ2v) is 5.30. The van der Waals surface area contributed by atoms with Crippen molar-refractivity contribution in [1.82, 2.24) is 4.57 Å². The number of halogens is 2. The summed E-state index contributed by atoms with van der Waals surface area (Å²) in [6.07, 6.45) is 3.03. The highest BCUT2D eigenvalue weighted by atomic mass is 19.3. The van der Waals surface area contributed by atoms with Crippen molar-refractivity contribution in [3.63, 3.8) is 0 Å². The van der Waals surface area contributed by atoms with Gasteiger partial charge in [0.2, 0.25) is 0 Å². The van der Waals surface area contributed by atoms with E-state index in [9.17, 15) is 13.6 Å². The number of fused-ring (bicyclic) bond motifs is 1. The molecule has 4 nitrogen and oxygen atoms in total. The number of esters is 1. The van der Waals surface area contributed by atoms with Gasteiger partial charge in [-0.15, -0.1) is 0 Å². The van der Waals surface area contributed by atoms with Crippen molar-refractivity contribution in [3.05, 3.63) is 30.0 Å². The number of benzene rings is 1. The predicted molar refractivity (Wildman–Crippen MR) is 77.4 cm³/mol. The Morgan fingerprint density at radius 2 is 2.14 bits per heavy atom. The van der Waals surface area contributed by atoms with E-state index in [4.69, 9.17) is 4.74 Å². The number of rotatable bonds is 5. The molecule has 22 heavy (non-hydrogen) atoms. The van der Waals surface area contributed by atoms with Crippen LogP contribution in [-0.2, 0) is 4.74 Å². The van der Waals surface area contributed by atoms with Crippen LogP contribution in [0.4, 0.5) is 8.78 Å². The molecule has 0 bridgehead atoms. The minimum Gasteiger partial charge on any atom is -0.461 e. The Balaban J connectivity index is 2.08. The van der Waals surface area contributed by atoms with Gasteiger partial charge in [0.25, 0.3) is 0 Å². The molecule has 6 heteroatoms. The van der Waals surface area contributed by atoms with Crippen molar-refractivity contribution < 1.29 is 23.0 Å². The molecule has 1 heterocycles. The standard InChI is InChI=1S/C16H17F2NO3/c1-2-21-15(20)14-8-10-6-7-12(22-16(17)18)9-13(10)19(14)11-4-3-5-11/h6-9,11,16H,2-5H2,1H3. The lowest BCUT2D eigenvalue weighted by Gasteiger charge is -2.29. The van der Waals surface area contributed by atoms with Crippen LogP contribution in [0.5, 0.6) is 5.75 Å². The lowest BCUT2D eigenvalue weighted by Crippen LogP contribution is -2.21. The average Bonchev–Trinajstić information content (AvgIpc) is 2.76. The van der Waals surface area contributed by atoms with Crippen molar-refractivity contribution in [2.75, 3.05) is 6.61 Å². The molecule has 1 saturated carbocycles. The molecule has 0 atom stereocenters. The first-order chi connectivity index (χ1) is 10.6. The number of ether oxygens (including phenoxy) is 2. The van der Waals surface area contributed by atoms with E-state index in [-0.39, 0.29) is 17.8 Å². The molecule has 0 radical (unpaired) electrons. The number of hydrogen-bond donors (Lipinski definition) is 0. The van der Waals surface area contributed by atoms with Crippen LogP contribution in [0.2, 0.25) is 0 Å². The van der Waals surface area contributed by atoms with Crippen LogP contribution in [0.15, 0.2) is 24.3 Å². The zero-order valence-corrected chi connectivity index (χ0v) is 12.2. The lowest BCUT2D eigenvalue weighted by atomic mass is 9.92. The first-order valence-electron chi connectivity index (χ1n) is 7.37. The smallest absolute Gasteiger partial charge is 0.387 e. The highest BCUT2D eigenvalue weighted by Gasteiger charge is 2.27. The Hall–Kier alpha value is -2.11. The fourth-order valence-electron chi connectivity index (χ4n) is 2.78. The first-order valence-corrected chi connectivity index (χ1v) is 7.37. The van der Waals surface area contributed by atoms with Crippen LogP contribution in [0, 0.1) is 0 Å². The van der Waals surface area contributed by atoms with E-state index >= 15 is 0 Å². The third-order valence-electron chi connectivity index (χ3n) is 3.96. The van der Waals surface area contributed by atoms with Gasteiger partial charge in [0.1, 0.15) is 11.4 Å². The topological polar surface area (TPSA) is 40.5 Å². The van der Waals surface area contributed by atoms with Gasteiger partial charge in [-0.1, -0.05) is 0 Å². The maximum absolute atomic E-state index is 12.4. The van der Waals surface area contributed by atoms with E-state index in [2.05, 4.69) is 4.74 Å². The minimum atomic E-state index is -2.87. The molecule has 0 amide bonds. The quantitative estimate of drug-likeness (QED) is 0.779. The number of aromatic nitrogens is 1. The van der Waals surface area contributed by atoms with Gasteiger partial charge in [-0.3, -0.25) is 0 Å². The van der Waals surface area contributed by atoms with Crippen LogP contribution in [0.3, 0.4) is 0 Å². The zero-order chi connectivity index (χ0) is 15.7. The zero-order valence-electron chi connectivity index (χ0n) is 12.2. The van der Waals surface area contributed by atoms with Crippen LogP contribution in [0.25, 0.3) is 10.9 Å². The SMILES string of the molecule is CCOC(=O)c1cc2ccc(OC(F)F)cc2n1C1CCC1. The van der Waals surface area contributed by atoms with Crippen LogP contribution in [-0.4, -0.2) is 23.8 Å². The summed E-state index contributed by atoms with van der Waals surface area (Å²) in [5.74, 6) is -0.293. The van der Waals surface area contributed by atoms with Gasteiger partial charge in [0.05, 0.1) is 12.1 Å². The molecule has 1 aliphatic rings. The van der Waals surface area contributed by atoms with E-state index in [0.717, 1.165) is 30.2 Å². The molecule has 1 fully saturated rings. The fraction of sp³-hybridized carbons (Fsp3) is 0.438. The Labute approximate surface area is 126 Å². The van der Waals surface area contributed by atoms with Crippen molar-refractivity contribution in [2.24, 2.45) is 0 Å². The number of carbonyl (C=O) groups is 1. The van der Waals surface area contributed by atoms with E-state index in [1.807, 2.05) is 4.57 Å². The molecule has 118 valence electrons. The van der Waals surface area contributed by atoms with Gasteiger partial charge in [-0.05, 0) is 44.4 Å². The molecule has 0 unspecified atom stereocenters. The second-order valence-electron chi connectivity index (χ2n) is 5.30. The van der Waals surface area contributed by atoms with Gasteiger partial charge in [0.15, 0.2) is 0 Å². The lowest BCUT2D eigenvalue weighted by molar-refractivity contribution is -0.0497. The molecular formula is C16H17F2NO3. The summed E-state index contributed by atoms with van der Waals surface area (Å²) in [6, 6.07) is 6.68. The summed E-state index contributed by atoms with van der Waals surface area (Å²) < 4.78 is 36.2. The monoisotopic (exact) mass is 309 g/mol. The number of nitrogens with zero attached hydrogens (tertiary/aromatic N) is 1. The fourth-order valence-corrected chi connectivity index (χ4v) is 2.78. The molecule has 3 rings (SSSR count). The molecule has 0 saturated heterocycles. The first kappa shape index (κ1) is 14.8. The average molecular weight is 309 g/mol. The van der Waals surface area contributed by atoms with Crippen LogP contribution >= 0.6 is 0 Å². The largest absolute Gasteiger partial charge is 0.461 e. The third-order valence-corrected chi connectivity index (χ3v) is 3.96. The number of hydrogen-bond acceptors (Lipinski definition) is 3. The van der Waals surface area contributed by atoms with E-state index in [1.54, 1.807) is 25.1 Å². The van der Waals surface area contributed by atoms with Crippen LogP contribution in [0.1, 0.15) is 42.7 Å². The van der Waals surface area contributed by atoms with Gasteiger partial charge < -0.3 is 14.0 Å². The summed E-state index contributed by atoms with van der Waals surface area (Å²) in [4.78, 5) is 12.1. The Bertz CT molecular complexity index is 692. The Kier molecular flexibility index (Phi) is 4.00. The van der Waals surface area contributed by atoms with Gasteiger partial charge in [0, 0.05) is 17.5 Å². The molecule has 1 aromatic carbocycles. The van der Waals surface area contributed by atoms with Crippen molar-refractivity contribution in [1.29, 1.82) is 0 Å².